The van der Waals surface area contributed by atoms with E-state index in [1.807, 2.05) is 18.2 Å². The van der Waals surface area contributed by atoms with Crippen molar-refractivity contribution in [2.75, 3.05) is 56.5 Å². The van der Waals surface area contributed by atoms with Crippen LogP contribution in [0.2, 0.25) is 0 Å². The van der Waals surface area contributed by atoms with Gasteiger partial charge in [-0.25, -0.2) is 14.4 Å². The zero-order valence-electron chi connectivity index (χ0n) is 23.2. The van der Waals surface area contributed by atoms with E-state index in [4.69, 9.17) is 4.74 Å². The number of benzene rings is 2. The van der Waals surface area contributed by atoms with Crippen molar-refractivity contribution in [3.05, 3.63) is 59.5 Å². The number of fused-ring (bicyclic) bond motifs is 2. The van der Waals surface area contributed by atoms with Crippen LogP contribution in [-0.2, 0) is 5.54 Å². The monoisotopic (exact) mass is 555 g/mol. The molecule has 9 nitrogen and oxygen atoms in total. The van der Waals surface area contributed by atoms with Crippen LogP contribution < -0.4 is 20.3 Å². The Balaban J connectivity index is 1.04. The van der Waals surface area contributed by atoms with Gasteiger partial charge in [-0.2, -0.15) is 0 Å². The van der Waals surface area contributed by atoms with Gasteiger partial charge in [-0.3, -0.25) is 9.69 Å². The number of nitrogens with one attached hydrogen (secondary N) is 2. The molecule has 212 valence electrons. The Morgan fingerprint density at radius 2 is 1.88 bits per heavy atom. The Morgan fingerprint density at radius 3 is 2.63 bits per heavy atom. The molecular formula is C31H34FN7O2. The second-order valence-corrected chi connectivity index (χ2v) is 12.2. The van der Waals surface area contributed by atoms with Crippen molar-refractivity contribution in [3.63, 3.8) is 0 Å². The Hall–Kier alpha value is -3.76. The molecule has 4 fully saturated rings. The summed E-state index contributed by atoms with van der Waals surface area (Å²) in [6.07, 6.45) is 5.39. The number of anilines is 3. The van der Waals surface area contributed by atoms with Gasteiger partial charge in [0.1, 0.15) is 11.4 Å². The number of ether oxygens (including phenoxy) is 1. The van der Waals surface area contributed by atoms with Crippen LogP contribution in [-0.4, -0.2) is 84.1 Å². The van der Waals surface area contributed by atoms with Crippen molar-refractivity contribution in [1.82, 2.24) is 25.1 Å². The predicted molar refractivity (Wildman–Crippen MR) is 154 cm³/mol. The van der Waals surface area contributed by atoms with Crippen LogP contribution in [0, 0.1) is 5.82 Å². The van der Waals surface area contributed by atoms with Gasteiger partial charge < -0.3 is 25.2 Å². The first-order chi connectivity index (χ1) is 19.9. The van der Waals surface area contributed by atoms with E-state index in [9.17, 15) is 4.79 Å². The van der Waals surface area contributed by atoms with E-state index in [1.54, 1.807) is 6.07 Å². The quantitative estimate of drug-likeness (QED) is 0.456. The second-order valence-electron chi connectivity index (χ2n) is 12.2. The lowest BCUT2D eigenvalue weighted by molar-refractivity contribution is 0.0952. The zero-order chi connectivity index (χ0) is 27.7. The summed E-state index contributed by atoms with van der Waals surface area (Å²) < 4.78 is 21.2. The molecule has 2 aliphatic carbocycles. The first-order valence-electron chi connectivity index (χ1n) is 14.7. The molecule has 1 spiro atoms. The van der Waals surface area contributed by atoms with Crippen LogP contribution in [0.3, 0.4) is 0 Å². The smallest absolute Gasteiger partial charge is 0.252 e. The minimum Gasteiger partial charge on any atom is -0.488 e. The van der Waals surface area contributed by atoms with Gasteiger partial charge in [0.25, 0.3) is 5.91 Å². The molecule has 1 aromatic heterocycles. The van der Waals surface area contributed by atoms with Gasteiger partial charge in [-0.05, 0) is 62.6 Å². The van der Waals surface area contributed by atoms with Crippen LogP contribution in [0.15, 0.2) is 42.6 Å². The van der Waals surface area contributed by atoms with Gasteiger partial charge in [-0.15, -0.1) is 0 Å². The average molecular weight is 556 g/mol. The van der Waals surface area contributed by atoms with Gasteiger partial charge in [0.2, 0.25) is 5.95 Å². The highest BCUT2D eigenvalue weighted by molar-refractivity contribution is 6.01. The van der Waals surface area contributed by atoms with Crippen LogP contribution >= 0.6 is 0 Å². The largest absolute Gasteiger partial charge is 0.488 e. The summed E-state index contributed by atoms with van der Waals surface area (Å²) in [5, 5.41) is 6.39. The standard InChI is InChI=1S/C31H34FN7O2/c1-37-10-12-38(13-11-37)21-17-39(18-21)20-3-7-27(41-22-4-5-22)26(15-20)34-30-33-16-25(32)28(35-30)19-2-6-24-23(14-19)29(40)36-31(24)8-9-31/h2-3,6-7,14-16,21-22H,4-5,8-13,17-18H2,1H3,(H,36,40)(H,33,34,35). The number of carbonyl (C=O) groups is 1. The molecule has 10 heteroatoms. The molecule has 0 unspecified atom stereocenters. The minimum absolute atomic E-state index is 0.105. The SMILES string of the molecule is CN1CCN(C2CN(c3ccc(OC4CC4)c(Nc4ncc(F)c(-c5ccc6c(c5)C(=O)NC65CC5)n4)c3)C2)CC1. The van der Waals surface area contributed by atoms with Crippen molar-refractivity contribution in [3.8, 4) is 17.0 Å². The number of hydrogen-bond donors (Lipinski definition) is 2. The molecule has 4 heterocycles. The molecule has 2 N–H and O–H groups in total. The van der Waals surface area contributed by atoms with E-state index < -0.39 is 5.82 Å². The maximum atomic E-state index is 15.0. The fraction of sp³-hybridized carbons (Fsp3) is 0.452. The summed E-state index contributed by atoms with van der Waals surface area (Å²) in [5.74, 6) is 0.382. The molecule has 5 aliphatic rings. The fourth-order valence-electron chi connectivity index (χ4n) is 6.28. The summed E-state index contributed by atoms with van der Waals surface area (Å²) in [6, 6.07) is 12.3. The van der Waals surface area contributed by atoms with Gasteiger partial charge in [0.15, 0.2) is 5.82 Å². The molecule has 41 heavy (non-hydrogen) atoms. The molecule has 0 radical (unpaired) electrons. The number of amides is 1. The minimum atomic E-state index is -0.534. The number of nitrogens with zero attached hydrogens (tertiary/aromatic N) is 5. The van der Waals surface area contributed by atoms with Gasteiger partial charge >= 0.3 is 0 Å². The summed E-state index contributed by atoms with van der Waals surface area (Å²) in [7, 11) is 2.19. The van der Waals surface area contributed by atoms with Gasteiger partial charge in [0, 0.05) is 62.1 Å². The number of aromatic nitrogens is 2. The Labute approximate surface area is 238 Å². The third-order valence-corrected chi connectivity index (χ3v) is 9.21. The zero-order valence-corrected chi connectivity index (χ0v) is 23.2. The highest BCUT2D eigenvalue weighted by Crippen LogP contribution is 2.50. The Morgan fingerprint density at radius 1 is 1.07 bits per heavy atom. The summed E-state index contributed by atoms with van der Waals surface area (Å²) >= 11 is 0. The van der Waals surface area contributed by atoms with Crippen LogP contribution in [0.5, 0.6) is 5.75 Å². The maximum Gasteiger partial charge on any atom is 0.252 e. The van der Waals surface area contributed by atoms with Crippen molar-refractivity contribution < 1.29 is 13.9 Å². The Bertz CT molecular complexity index is 1520. The van der Waals surface area contributed by atoms with Crippen molar-refractivity contribution in [2.24, 2.45) is 0 Å². The maximum absolute atomic E-state index is 15.0. The van der Waals surface area contributed by atoms with Crippen molar-refractivity contribution in [1.29, 1.82) is 0 Å². The number of piperazine rings is 1. The number of likely N-dealkylation sites (N-methyl/N-ethyl adjacent to an activating group) is 1. The van der Waals surface area contributed by atoms with E-state index in [-0.39, 0.29) is 29.2 Å². The molecule has 0 bridgehead atoms. The highest BCUT2D eigenvalue weighted by Gasteiger charge is 2.52. The summed E-state index contributed by atoms with van der Waals surface area (Å²) in [6.45, 7) is 6.48. The molecule has 2 saturated carbocycles. The highest BCUT2D eigenvalue weighted by atomic mass is 19.1. The molecule has 1 amide bonds. The van der Waals surface area contributed by atoms with Crippen molar-refractivity contribution in [2.45, 2.75) is 43.4 Å². The third kappa shape index (κ3) is 4.59. The summed E-state index contributed by atoms with van der Waals surface area (Å²) in [4.78, 5) is 28.8. The molecule has 3 aromatic rings. The predicted octanol–water partition coefficient (Wildman–Crippen LogP) is 3.74. The second kappa shape index (κ2) is 9.39. The molecule has 0 atom stereocenters. The Kier molecular flexibility index (Phi) is 5.72. The van der Waals surface area contributed by atoms with Crippen molar-refractivity contribution >= 4 is 23.2 Å². The molecule has 2 aromatic carbocycles. The lowest BCUT2D eigenvalue weighted by Crippen LogP contribution is -2.63. The normalized spacial score (nSPS) is 21.9. The van der Waals surface area contributed by atoms with E-state index in [0.29, 0.717) is 17.2 Å². The van der Waals surface area contributed by atoms with Gasteiger partial charge in [0.05, 0.1) is 23.5 Å². The molecule has 3 aliphatic heterocycles. The number of rotatable bonds is 7. The van der Waals surface area contributed by atoms with E-state index in [0.717, 1.165) is 87.6 Å². The van der Waals surface area contributed by atoms with Crippen LogP contribution in [0.1, 0.15) is 41.6 Å². The third-order valence-electron chi connectivity index (χ3n) is 9.21. The van der Waals surface area contributed by atoms with E-state index >= 15 is 4.39 Å². The first kappa shape index (κ1) is 25.0. The van der Waals surface area contributed by atoms with Gasteiger partial charge in [-0.1, -0.05) is 12.1 Å². The number of hydrogen-bond acceptors (Lipinski definition) is 8. The average Bonchev–Trinajstić information content (AvgIpc) is 3.88. The topological polar surface area (TPSA) is 85.9 Å². The summed E-state index contributed by atoms with van der Waals surface area (Å²) in [5.41, 5.74) is 3.97. The molecular weight excluding hydrogens is 521 g/mol. The van der Waals surface area contributed by atoms with E-state index in [1.165, 1.54) is 6.20 Å². The fourth-order valence-corrected chi connectivity index (χ4v) is 6.28. The lowest BCUT2D eigenvalue weighted by atomic mass is 9.99. The van der Waals surface area contributed by atoms with E-state index in [2.05, 4.69) is 54.5 Å². The lowest BCUT2D eigenvalue weighted by Gasteiger charge is -2.49. The van der Waals surface area contributed by atoms with Crippen LogP contribution in [0.4, 0.5) is 21.7 Å². The molecule has 8 rings (SSSR count). The first-order valence-corrected chi connectivity index (χ1v) is 14.7. The number of carbonyl (C=O) groups excluding carboxylic acids is 1. The van der Waals surface area contributed by atoms with Crippen LogP contribution in [0.25, 0.3) is 11.3 Å². The number of halogens is 1. The molecule has 2 saturated heterocycles.